The number of nitrogens with one attached hydrogen (secondary N) is 1. The molecule has 0 amide bonds. The molecule has 0 saturated carbocycles. The van der Waals surface area contributed by atoms with Gasteiger partial charge in [-0.05, 0) is 66.1 Å². The maximum atomic E-state index is 12.4. The second kappa shape index (κ2) is 6.60. The summed E-state index contributed by atoms with van der Waals surface area (Å²) in [6, 6.07) is 0. The summed E-state index contributed by atoms with van der Waals surface area (Å²) in [4.78, 5) is 18.9. The van der Waals surface area contributed by atoms with Crippen molar-refractivity contribution >= 4 is 5.82 Å². The van der Waals surface area contributed by atoms with Crippen molar-refractivity contribution < 1.29 is 0 Å². The van der Waals surface area contributed by atoms with Gasteiger partial charge in [0, 0.05) is 24.5 Å². The molecule has 2 heterocycles. The average Bonchev–Trinajstić information content (AvgIpc) is 2.41. The van der Waals surface area contributed by atoms with Gasteiger partial charge in [-0.15, -0.1) is 0 Å². The predicted molar refractivity (Wildman–Crippen MR) is 86.8 cm³/mol. The number of aromatic nitrogens is 2. The fourth-order valence-corrected chi connectivity index (χ4v) is 2.81. The van der Waals surface area contributed by atoms with Crippen LogP contribution in [0.5, 0.6) is 0 Å². The van der Waals surface area contributed by atoms with Gasteiger partial charge in [0.1, 0.15) is 0 Å². The van der Waals surface area contributed by atoms with Gasteiger partial charge < -0.3 is 14.8 Å². The number of rotatable bonds is 4. The number of anilines is 1. The van der Waals surface area contributed by atoms with E-state index < -0.39 is 0 Å². The second-order valence-electron chi connectivity index (χ2n) is 7.08. The highest BCUT2D eigenvalue weighted by Gasteiger charge is 2.18. The minimum atomic E-state index is -0.218. The Labute approximate surface area is 127 Å². The number of hydrogen-bond donors (Lipinski definition) is 1. The van der Waals surface area contributed by atoms with Gasteiger partial charge in [-0.3, -0.25) is 4.79 Å². The number of piperidine rings is 1. The van der Waals surface area contributed by atoms with Crippen LogP contribution in [0.25, 0.3) is 0 Å². The SMILES string of the molecule is CN1CCC(CCNc2nccn(C(C)(C)C)c2=O)CC1. The molecule has 0 aromatic carbocycles. The lowest BCUT2D eigenvalue weighted by Gasteiger charge is -2.29. The van der Waals surface area contributed by atoms with Crippen LogP contribution in [0.15, 0.2) is 17.2 Å². The lowest BCUT2D eigenvalue weighted by molar-refractivity contribution is 0.215. The normalized spacial score (nSPS) is 17.9. The molecule has 1 fully saturated rings. The molecule has 118 valence electrons. The van der Waals surface area contributed by atoms with Crippen molar-refractivity contribution in [3.63, 3.8) is 0 Å². The van der Waals surface area contributed by atoms with Crippen LogP contribution >= 0.6 is 0 Å². The van der Waals surface area contributed by atoms with Gasteiger partial charge in [0.15, 0.2) is 5.82 Å². The van der Waals surface area contributed by atoms with E-state index in [1.165, 1.54) is 25.9 Å². The first-order chi connectivity index (χ1) is 9.88. The van der Waals surface area contributed by atoms with Crippen LogP contribution in [0.1, 0.15) is 40.0 Å². The van der Waals surface area contributed by atoms with Crippen molar-refractivity contribution in [2.75, 3.05) is 32.0 Å². The third-order valence-electron chi connectivity index (χ3n) is 4.25. The van der Waals surface area contributed by atoms with E-state index in [1.54, 1.807) is 17.0 Å². The summed E-state index contributed by atoms with van der Waals surface area (Å²) in [7, 11) is 2.18. The highest BCUT2D eigenvalue weighted by atomic mass is 16.1. The minimum Gasteiger partial charge on any atom is -0.365 e. The van der Waals surface area contributed by atoms with Gasteiger partial charge in [0.2, 0.25) is 0 Å². The van der Waals surface area contributed by atoms with Crippen molar-refractivity contribution in [1.29, 1.82) is 0 Å². The van der Waals surface area contributed by atoms with Crippen molar-refractivity contribution in [3.05, 3.63) is 22.7 Å². The van der Waals surface area contributed by atoms with Crippen molar-refractivity contribution in [2.45, 2.75) is 45.6 Å². The first kappa shape index (κ1) is 16.0. The average molecular weight is 292 g/mol. The number of likely N-dealkylation sites (tertiary alicyclic amines) is 1. The van der Waals surface area contributed by atoms with Gasteiger partial charge in [-0.2, -0.15) is 0 Å². The molecule has 0 radical (unpaired) electrons. The van der Waals surface area contributed by atoms with Crippen LogP contribution in [0.4, 0.5) is 5.82 Å². The van der Waals surface area contributed by atoms with Crippen LogP contribution in [-0.4, -0.2) is 41.1 Å². The van der Waals surface area contributed by atoms with Gasteiger partial charge in [0.05, 0.1) is 0 Å². The molecule has 1 saturated heterocycles. The fraction of sp³-hybridized carbons (Fsp3) is 0.750. The monoisotopic (exact) mass is 292 g/mol. The molecular weight excluding hydrogens is 264 g/mol. The molecule has 5 nitrogen and oxygen atoms in total. The van der Waals surface area contributed by atoms with Crippen LogP contribution in [0.3, 0.4) is 0 Å². The smallest absolute Gasteiger partial charge is 0.293 e. The van der Waals surface area contributed by atoms with E-state index in [2.05, 4.69) is 22.2 Å². The molecular formula is C16H28N4O. The van der Waals surface area contributed by atoms with Gasteiger partial charge in [-0.25, -0.2) is 4.98 Å². The van der Waals surface area contributed by atoms with Gasteiger partial charge in [0.25, 0.3) is 5.56 Å². The fourth-order valence-electron chi connectivity index (χ4n) is 2.81. The molecule has 0 bridgehead atoms. The molecule has 5 heteroatoms. The quantitative estimate of drug-likeness (QED) is 0.924. The molecule has 1 aliphatic rings. The number of nitrogens with zero attached hydrogens (tertiary/aromatic N) is 3. The van der Waals surface area contributed by atoms with Crippen LogP contribution < -0.4 is 10.9 Å². The number of hydrogen-bond acceptors (Lipinski definition) is 4. The van der Waals surface area contributed by atoms with Crippen molar-refractivity contribution in [2.24, 2.45) is 5.92 Å². The van der Waals surface area contributed by atoms with Gasteiger partial charge in [-0.1, -0.05) is 0 Å². The molecule has 2 rings (SSSR count). The second-order valence-corrected chi connectivity index (χ2v) is 7.08. The summed E-state index contributed by atoms with van der Waals surface area (Å²) in [6.45, 7) is 9.27. The van der Waals surface area contributed by atoms with E-state index in [1.807, 2.05) is 20.8 Å². The van der Waals surface area contributed by atoms with Gasteiger partial charge >= 0.3 is 0 Å². The Hall–Kier alpha value is -1.36. The zero-order valence-corrected chi connectivity index (χ0v) is 13.7. The van der Waals surface area contributed by atoms with Crippen molar-refractivity contribution in [1.82, 2.24) is 14.5 Å². The Kier molecular flexibility index (Phi) is 5.04. The molecule has 1 aliphatic heterocycles. The van der Waals surface area contributed by atoms with E-state index in [4.69, 9.17) is 0 Å². The molecule has 1 N–H and O–H groups in total. The first-order valence-corrected chi connectivity index (χ1v) is 7.88. The Bertz CT molecular complexity index is 510. The maximum absolute atomic E-state index is 12.4. The molecule has 0 aliphatic carbocycles. The zero-order chi connectivity index (χ0) is 15.5. The minimum absolute atomic E-state index is 0.0339. The highest BCUT2D eigenvalue weighted by Crippen LogP contribution is 2.19. The summed E-state index contributed by atoms with van der Waals surface area (Å²) >= 11 is 0. The molecule has 0 atom stereocenters. The van der Waals surface area contributed by atoms with Crippen LogP contribution in [0, 0.1) is 5.92 Å². The van der Waals surface area contributed by atoms with E-state index in [0.717, 1.165) is 18.9 Å². The Morgan fingerprint density at radius 2 is 2.00 bits per heavy atom. The summed E-state index contributed by atoms with van der Waals surface area (Å²) in [6.07, 6.45) is 7.08. The van der Waals surface area contributed by atoms with E-state index in [0.29, 0.717) is 5.82 Å². The Balaban J connectivity index is 1.91. The van der Waals surface area contributed by atoms with Crippen LogP contribution in [-0.2, 0) is 5.54 Å². The highest BCUT2D eigenvalue weighted by molar-refractivity contribution is 5.31. The van der Waals surface area contributed by atoms with E-state index in [9.17, 15) is 4.79 Å². The first-order valence-electron chi connectivity index (χ1n) is 7.88. The summed E-state index contributed by atoms with van der Waals surface area (Å²) in [5.74, 6) is 1.24. The Morgan fingerprint density at radius 1 is 1.33 bits per heavy atom. The van der Waals surface area contributed by atoms with Crippen molar-refractivity contribution in [3.8, 4) is 0 Å². The molecule has 1 aromatic rings. The van der Waals surface area contributed by atoms with Crippen LogP contribution in [0.2, 0.25) is 0 Å². The lowest BCUT2D eigenvalue weighted by Crippen LogP contribution is -2.35. The summed E-state index contributed by atoms with van der Waals surface area (Å²) in [5, 5.41) is 3.23. The molecule has 21 heavy (non-hydrogen) atoms. The maximum Gasteiger partial charge on any atom is 0.293 e. The zero-order valence-electron chi connectivity index (χ0n) is 13.7. The topological polar surface area (TPSA) is 50.2 Å². The molecule has 0 spiro atoms. The third kappa shape index (κ3) is 4.30. The lowest BCUT2D eigenvalue weighted by atomic mass is 9.94. The molecule has 1 aromatic heterocycles. The van der Waals surface area contributed by atoms with E-state index in [-0.39, 0.29) is 11.1 Å². The Morgan fingerprint density at radius 3 is 2.62 bits per heavy atom. The standard InChI is InChI=1S/C16H28N4O/c1-16(2,3)20-12-9-18-14(15(20)21)17-8-5-13-6-10-19(4)11-7-13/h9,12-13H,5-8,10-11H2,1-4H3,(H,17,18). The predicted octanol–water partition coefficient (Wildman–Crippen LogP) is 2.14. The third-order valence-corrected chi connectivity index (χ3v) is 4.25. The largest absolute Gasteiger partial charge is 0.365 e. The summed E-state index contributed by atoms with van der Waals surface area (Å²) in [5.41, 5.74) is -0.252. The summed E-state index contributed by atoms with van der Waals surface area (Å²) < 4.78 is 1.73. The van der Waals surface area contributed by atoms with E-state index >= 15 is 0 Å². The molecule has 0 unspecified atom stereocenters.